The van der Waals surface area contributed by atoms with Gasteiger partial charge in [0.1, 0.15) is 0 Å². The molecule has 2 rings (SSSR count). The number of aliphatic hydroxyl groups excluding tert-OH is 1. The minimum Gasteiger partial charge on any atom is -0.394 e. The molecule has 1 atom stereocenters. The number of aliphatic hydroxyl groups is 1. The van der Waals surface area contributed by atoms with Gasteiger partial charge >= 0.3 is 5.69 Å². The number of nitrogens with one attached hydrogen (secondary N) is 2. The van der Waals surface area contributed by atoms with Crippen LogP contribution in [0.15, 0.2) is 9.59 Å². The van der Waals surface area contributed by atoms with E-state index in [1.165, 1.54) is 11.6 Å². The molecule has 0 aromatic carbocycles. The number of imidazole rings is 1. The van der Waals surface area contributed by atoms with Crippen LogP contribution in [0.5, 0.6) is 0 Å². The van der Waals surface area contributed by atoms with Crippen molar-refractivity contribution >= 4 is 17.1 Å². The zero-order valence-electron chi connectivity index (χ0n) is 12.0. The summed E-state index contributed by atoms with van der Waals surface area (Å²) in [5.74, 6) is 0.561. The minimum absolute atomic E-state index is 0.0499. The van der Waals surface area contributed by atoms with Crippen LogP contribution in [0.2, 0.25) is 0 Å². The second-order valence-electron chi connectivity index (χ2n) is 5.17. The van der Waals surface area contributed by atoms with Crippen molar-refractivity contribution in [3.05, 3.63) is 20.8 Å². The Labute approximate surface area is 115 Å². The maximum Gasteiger partial charge on any atom is 0.332 e. The van der Waals surface area contributed by atoms with Crippen LogP contribution in [0.4, 0.5) is 5.95 Å². The molecule has 20 heavy (non-hydrogen) atoms. The minimum atomic E-state index is -0.428. The second-order valence-corrected chi connectivity index (χ2v) is 5.17. The third-order valence-electron chi connectivity index (χ3n) is 3.42. The number of fused-ring (bicyclic) bond motifs is 1. The average Bonchev–Trinajstić information content (AvgIpc) is 2.84. The van der Waals surface area contributed by atoms with E-state index in [1.807, 2.05) is 13.8 Å². The molecule has 0 aliphatic heterocycles. The zero-order chi connectivity index (χ0) is 15.0. The van der Waals surface area contributed by atoms with Gasteiger partial charge in [-0.05, 0) is 5.92 Å². The number of nitrogens with zero attached hydrogens (tertiary/aromatic N) is 3. The summed E-state index contributed by atoms with van der Waals surface area (Å²) >= 11 is 0. The lowest BCUT2D eigenvalue weighted by Crippen LogP contribution is -2.36. The van der Waals surface area contributed by atoms with Gasteiger partial charge in [-0.3, -0.25) is 13.9 Å². The van der Waals surface area contributed by atoms with Gasteiger partial charge in [0.25, 0.3) is 5.56 Å². The zero-order valence-corrected chi connectivity index (χ0v) is 12.0. The highest BCUT2D eigenvalue weighted by molar-refractivity contribution is 5.72. The number of H-pyrrole nitrogens is 1. The number of hydrogen-bond acceptors (Lipinski definition) is 5. The van der Waals surface area contributed by atoms with Crippen molar-refractivity contribution in [2.75, 3.05) is 11.9 Å². The van der Waals surface area contributed by atoms with Crippen molar-refractivity contribution in [3.8, 4) is 0 Å². The SMILES string of the molecule is CC(C)[C@@H](CO)Nc1nc2c([nH]1)c(=O)n(C)c(=O)n2C. The van der Waals surface area contributed by atoms with Gasteiger partial charge in [0.15, 0.2) is 11.2 Å². The van der Waals surface area contributed by atoms with E-state index in [1.54, 1.807) is 7.05 Å². The molecule has 8 heteroatoms. The van der Waals surface area contributed by atoms with Gasteiger partial charge < -0.3 is 15.4 Å². The number of aryl methyl sites for hydroxylation is 1. The number of hydrogen-bond donors (Lipinski definition) is 3. The Balaban J connectivity index is 2.55. The molecule has 0 amide bonds. The molecule has 2 aromatic heterocycles. The van der Waals surface area contributed by atoms with Gasteiger partial charge in [-0.15, -0.1) is 0 Å². The fraction of sp³-hybridized carbons (Fsp3) is 0.583. The Hall–Kier alpha value is -2.09. The summed E-state index contributed by atoms with van der Waals surface area (Å²) in [6, 6.07) is -0.184. The number of aromatic amines is 1. The third-order valence-corrected chi connectivity index (χ3v) is 3.42. The van der Waals surface area contributed by atoms with Gasteiger partial charge in [-0.25, -0.2) is 4.79 Å². The maximum atomic E-state index is 12.0. The number of rotatable bonds is 4. The average molecular weight is 281 g/mol. The smallest absolute Gasteiger partial charge is 0.332 e. The molecule has 0 bridgehead atoms. The van der Waals surface area contributed by atoms with E-state index in [-0.39, 0.29) is 24.1 Å². The second kappa shape index (κ2) is 5.12. The van der Waals surface area contributed by atoms with Crippen molar-refractivity contribution in [2.24, 2.45) is 20.0 Å². The van der Waals surface area contributed by atoms with Crippen molar-refractivity contribution in [1.29, 1.82) is 0 Å². The predicted octanol–water partition coefficient (Wildman–Crippen LogP) is -0.611. The number of aromatic nitrogens is 4. The molecule has 0 saturated carbocycles. The first-order valence-corrected chi connectivity index (χ1v) is 6.40. The lowest BCUT2D eigenvalue weighted by Gasteiger charge is -2.18. The molecule has 0 unspecified atom stereocenters. The monoisotopic (exact) mass is 281 g/mol. The van der Waals surface area contributed by atoms with Crippen LogP contribution in [0.3, 0.4) is 0 Å². The molecule has 0 aliphatic carbocycles. The highest BCUT2D eigenvalue weighted by Crippen LogP contribution is 2.12. The molecule has 0 aliphatic rings. The summed E-state index contributed by atoms with van der Waals surface area (Å²) in [5, 5.41) is 12.3. The van der Waals surface area contributed by atoms with Crippen molar-refractivity contribution in [1.82, 2.24) is 19.1 Å². The fourth-order valence-corrected chi connectivity index (χ4v) is 1.99. The van der Waals surface area contributed by atoms with Crippen LogP contribution < -0.4 is 16.6 Å². The maximum absolute atomic E-state index is 12.0. The van der Waals surface area contributed by atoms with Crippen LogP contribution in [0.25, 0.3) is 11.2 Å². The van der Waals surface area contributed by atoms with E-state index in [2.05, 4.69) is 15.3 Å². The molecule has 3 N–H and O–H groups in total. The van der Waals surface area contributed by atoms with Crippen LogP contribution in [-0.2, 0) is 14.1 Å². The molecule has 110 valence electrons. The first-order valence-electron chi connectivity index (χ1n) is 6.40. The summed E-state index contributed by atoms with van der Waals surface area (Å²) in [7, 11) is 2.98. The van der Waals surface area contributed by atoms with E-state index < -0.39 is 11.2 Å². The standard InChI is InChI=1S/C12H19N5O3/c1-6(2)7(5-18)13-11-14-8-9(15-11)16(3)12(20)17(4)10(8)19/h6-7,18H,5H2,1-4H3,(H2,13,14,15)/t7-/m1/s1. The largest absolute Gasteiger partial charge is 0.394 e. The normalized spacial score (nSPS) is 13.1. The lowest BCUT2D eigenvalue weighted by atomic mass is 10.1. The van der Waals surface area contributed by atoms with Gasteiger partial charge in [-0.2, -0.15) is 4.98 Å². The summed E-state index contributed by atoms with van der Waals surface area (Å²) < 4.78 is 2.33. The Morgan fingerprint density at radius 3 is 2.50 bits per heavy atom. The Bertz CT molecular complexity index is 740. The molecule has 0 spiro atoms. The topological polar surface area (TPSA) is 105 Å². The molecule has 0 saturated heterocycles. The highest BCUT2D eigenvalue weighted by atomic mass is 16.3. The Morgan fingerprint density at radius 1 is 1.30 bits per heavy atom. The van der Waals surface area contributed by atoms with Crippen LogP contribution in [-0.4, -0.2) is 36.9 Å². The Kier molecular flexibility index (Phi) is 3.67. The van der Waals surface area contributed by atoms with Gasteiger partial charge in [-0.1, -0.05) is 13.8 Å². The molecule has 2 heterocycles. The molecular formula is C12H19N5O3. The van der Waals surface area contributed by atoms with E-state index in [0.29, 0.717) is 11.6 Å². The predicted molar refractivity (Wildman–Crippen MR) is 75.9 cm³/mol. The summed E-state index contributed by atoms with van der Waals surface area (Å²) in [6.07, 6.45) is 0. The van der Waals surface area contributed by atoms with Gasteiger partial charge in [0, 0.05) is 14.1 Å². The van der Waals surface area contributed by atoms with E-state index >= 15 is 0 Å². The third kappa shape index (κ3) is 2.22. The number of anilines is 1. The van der Waals surface area contributed by atoms with E-state index in [4.69, 9.17) is 0 Å². The van der Waals surface area contributed by atoms with Gasteiger partial charge in [0.05, 0.1) is 12.6 Å². The van der Waals surface area contributed by atoms with Crippen molar-refractivity contribution in [2.45, 2.75) is 19.9 Å². The highest BCUT2D eigenvalue weighted by Gasteiger charge is 2.17. The van der Waals surface area contributed by atoms with Crippen molar-refractivity contribution < 1.29 is 5.11 Å². The lowest BCUT2D eigenvalue weighted by molar-refractivity contribution is 0.249. The van der Waals surface area contributed by atoms with Crippen LogP contribution in [0.1, 0.15) is 13.8 Å². The molecule has 0 fully saturated rings. The summed E-state index contributed by atoms with van der Waals surface area (Å²) in [6.45, 7) is 3.88. The van der Waals surface area contributed by atoms with Crippen LogP contribution in [0, 0.1) is 5.92 Å². The Morgan fingerprint density at radius 2 is 1.95 bits per heavy atom. The molecule has 0 radical (unpaired) electrons. The molecule has 8 nitrogen and oxygen atoms in total. The molecular weight excluding hydrogens is 262 g/mol. The molecule has 2 aromatic rings. The quantitative estimate of drug-likeness (QED) is 0.693. The van der Waals surface area contributed by atoms with Crippen molar-refractivity contribution in [3.63, 3.8) is 0 Å². The first-order chi connectivity index (χ1) is 9.36. The summed E-state index contributed by atoms with van der Waals surface area (Å²) in [5.41, 5.74) is -0.296. The van der Waals surface area contributed by atoms with E-state index in [9.17, 15) is 14.7 Å². The fourth-order valence-electron chi connectivity index (χ4n) is 1.99. The van der Waals surface area contributed by atoms with E-state index in [0.717, 1.165) is 4.57 Å². The van der Waals surface area contributed by atoms with Crippen LogP contribution >= 0.6 is 0 Å². The summed E-state index contributed by atoms with van der Waals surface area (Å²) in [4.78, 5) is 30.9. The first kappa shape index (κ1) is 14.3. The van der Waals surface area contributed by atoms with Gasteiger partial charge in [0.2, 0.25) is 5.95 Å².